The molecule has 0 radical (unpaired) electrons. The summed E-state index contributed by atoms with van der Waals surface area (Å²) in [6.45, 7) is 3.53. The van der Waals surface area contributed by atoms with Gasteiger partial charge in [-0.2, -0.15) is 0 Å². The second-order valence-electron chi connectivity index (χ2n) is 3.71. The van der Waals surface area contributed by atoms with Crippen molar-refractivity contribution in [1.29, 1.82) is 0 Å². The molecule has 0 spiro atoms. The van der Waals surface area contributed by atoms with Crippen LogP contribution in [-0.4, -0.2) is 12.1 Å². The van der Waals surface area contributed by atoms with Gasteiger partial charge in [0.2, 0.25) is 0 Å². The van der Waals surface area contributed by atoms with Crippen molar-refractivity contribution in [2.75, 3.05) is 0 Å². The van der Waals surface area contributed by atoms with Crippen LogP contribution in [0.1, 0.15) is 12.0 Å². The molecule has 0 saturated heterocycles. The lowest BCUT2D eigenvalue weighted by atomic mass is 10.1. The van der Waals surface area contributed by atoms with Gasteiger partial charge in [-0.25, -0.2) is 13.6 Å². The zero-order chi connectivity index (χ0) is 12.4. The molecule has 0 aliphatic carbocycles. The number of rotatable bonds is 3. The molecule has 0 amide bonds. The normalized spacial score (nSPS) is 18.8. The SMILES string of the molecule is C=CC[C@H]1C=C(c2cc(F)cc(F)c2)C(=O)O1. The van der Waals surface area contributed by atoms with E-state index in [1.165, 1.54) is 0 Å². The second-order valence-corrected chi connectivity index (χ2v) is 3.71. The van der Waals surface area contributed by atoms with Gasteiger partial charge in [0.25, 0.3) is 0 Å². The highest BCUT2D eigenvalue weighted by atomic mass is 19.1. The van der Waals surface area contributed by atoms with Crippen LogP contribution in [0.15, 0.2) is 36.9 Å². The van der Waals surface area contributed by atoms with Crippen LogP contribution in [-0.2, 0) is 9.53 Å². The van der Waals surface area contributed by atoms with Gasteiger partial charge in [0.15, 0.2) is 0 Å². The fourth-order valence-corrected chi connectivity index (χ4v) is 1.69. The Hall–Kier alpha value is -1.97. The zero-order valence-electron chi connectivity index (χ0n) is 8.95. The third-order valence-electron chi connectivity index (χ3n) is 2.40. The van der Waals surface area contributed by atoms with Gasteiger partial charge in [0.05, 0.1) is 5.57 Å². The summed E-state index contributed by atoms with van der Waals surface area (Å²) in [7, 11) is 0. The van der Waals surface area contributed by atoms with E-state index in [2.05, 4.69) is 6.58 Å². The summed E-state index contributed by atoms with van der Waals surface area (Å²) >= 11 is 0. The number of halogens is 2. The fraction of sp³-hybridized carbons (Fsp3) is 0.154. The number of benzene rings is 1. The molecule has 0 aromatic heterocycles. The lowest BCUT2D eigenvalue weighted by Crippen LogP contribution is -2.06. The smallest absolute Gasteiger partial charge is 0.339 e. The molecule has 0 bridgehead atoms. The lowest BCUT2D eigenvalue weighted by Gasteiger charge is -2.03. The van der Waals surface area contributed by atoms with Crippen LogP contribution in [0, 0.1) is 11.6 Å². The van der Waals surface area contributed by atoms with E-state index in [1.807, 2.05) is 0 Å². The van der Waals surface area contributed by atoms with Crippen molar-refractivity contribution in [2.45, 2.75) is 12.5 Å². The Kier molecular flexibility index (Phi) is 3.04. The topological polar surface area (TPSA) is 26.3 Å². The average molecular weight is 236 g/mol. The molecule has 17 heavy (non-hydrogen) atoms. The number of carbonyl (C=O) groups is 1. The van der Waals surface area contributed by atoms with E-state index in [0.717, 1.165) is 18.2 Å². The van der Waals surface area contributed by atoms with Gasteiger partial charge in [-0.05, 0) is 23.8 Å². The molecule has 1 aromatic carbocycles. The molecule has 0 N–H and O–H groups in total. The van der Waals surface area contributed by atoms with Gasteiger partial charge >= 0.3 is 5.97 Å². The van der Waals surface area contributed by atoms with Crippen LogP contribution in [0.2, 0.25) is 0 Å². The van der Waals surface area contributed by atoms with Crippen LogP contribution in [0.5, 0.6) is 0 Å². The van der Waals surface area contributed by atoms with E-state index in [4.69, 9.17) is 4.74 Å². The Bertz CT molecular complexity index is 486. The lowest BCUT2D eigenvalue weighted by molar-refractivity contribution is -0.137. The van der Waals surface area contributed by atoms with Crippen molar-refractivity contribution in [3.8, 4) is 0 Å². The third-order valence-corrected chi connectivity index (χ3v) is 2.40. The fourth-order valence-electron chi connectivity index (χ4n) is 1.69. The van der Waals surface area contributed by atoms with E-state index < -0.39 is 23.7 Å². The van der Waals surface area contributed by atoms with Gasteiger partial charge in [-0.3, -0.25) is 0 Å². The summed E-state index contributed by atoms with van der Waals surface area (Å²) in [6.07, 6.45) is 3.25. The Morgan fingerprint density at radius 2 is 1.94 bits per heavy atom. The molecular formula is C13H10F2O2. The Balaban J connectivity index is 2.35. The quantitative estimate of drug-likeness (QED) is 0.595. The molecule has 0 unspecified atom stereocenters. The van der Waals surface area contributed by atoms with Crippen molar-refractivity contribution >= 4 is 11.5 Å². The summed E-state index contributed by atoms with van der Waals surface area (Å²) < 4.78 is 31.0. The number of ether oxygens (including phenoxy) is 1. The standard InChI is InChI=1S/C13H10F2O2/c1-2-3-11-7-12(13(16)17-11)8-4-9(14)6-10(15)5-8/h2,4-7,11H,1,3H2/t11-/m0/s1. The number of cyclic esters (lactones) is 1. The molecule has 1 aromatic rings. The van der Waals surface area contributed by atoms with E-state index in [0.29, 0.717) is 6.42 Å². The van der Waals surface area contributed by atoms with E-state index in [9.17, 15) is 13.6 Å². The summed E-state index contributed by atoms with van der Waals surface area (Å²) in [4.78, 5) is 11.5. The number of hydrogen-bond acceptors (Lipinski definition) is 2. The van der Waals surface area contributed by atoms with Crippen LogP contribution < -0.4 is 0 Å². The first-order chi connectivity index (χ1) is 8.10. The molecule has 1 atom stereocenters. The van der Waals surface area contributed by atoms with Crippen LogP contribution >= 0.6 is 0 Å². The maximum Gasteiger partial charge on any atom is 0.339 e. The largest absolute Gasteiger partial charge is 0.454 e. The molecule has 88 valence electrons. The molecular weight excluding hydrogens is 226 g/mol. The van der Waals surface area contributed by atoms with Crippen molar-refractivity contribution in [1.82, 2.24) is 0 Å². The van der Waals surface area contributed by atoms with Gasteiger partial charge < -0.3 is 4.74 Å². The Morgan fingerprint density at radius 1 is 1.29 bits per heavy atom. The van der Waals surface area contributed by atoms with Crippen molar-refractivity contribution in [3.05, 3.63) is 54.1 Å². The van der Waals surface area contributed by atoms with Gasteiger partial charge in [-0.15, -0.1) is 6.58 Å². The minimum absolute atomic E-state index is 0.190. The van der Waals surface area contributed by atoms with Crippen molar-refractivity contribution < 1.29 is 18.3 Å². The van der Waals surface area contributed by atoms with Gasteiger partial charge in [0, 0.05) is 12.5 Å². The van der Waals surface area contributed by atoms with Gasteiger partial charge in [-0.1, -0.05) is 6.08 Å². The third kappa shape index (κ3) is 2.41. The first kappa shape index (κ1) is 11.5. The first-order valence-corrected chi connectivity index (χ1v) is 5.10. The van der Waals surface area contributed by atoms with Crippen LogP contribution in [0.3, 0.4) is 0 Å². The summed E-state index contributed by atoms with van der Waals surface area (Å²) in [5.41, 5.74) is 0.384. The summed E-state index contributed by atoms with van der Waals surface area (Å²) in [6, 6.07) is 2.96. The summed E-state index contributed by atoms with van der Waals surface area (Å²) in [5, 5.41) is 0. The van der Waals surface area contributed by atoms with E-state index in [1.54, 1.807) is 12.2 Å². The average Bonchev–Trinajstić information content (AvgIpc) is 2.58. The summed E-state index contributed by atoms with van der Waals surface area (Å²) in [5.74, 6) is -2.01. The van der Waals surface area contributed by atoms with Crippen LogP contribution in [0.4, 0.5) is 8.78 Å². The molecule has 4 heteroatoms. The minimum atomic E-state index is -0.721. The maximum absolute atomic E-state index is 13.0. The van der Waals surface area contributed by atoms with Crippen molar-refractivity contribution in [2.24, 2.45) is 0 Å². The molecule has 0 saturated carbocycles. The molecule has 2 rings (SSSR count). The predicted molar refractivity (Wildman–Crippen MR) is 59.0 cm³/mol. The Morgan fingerprint density at radius 3 is 2.53 bits per heavy atom. The highest BCUT2D eigenvalue weighted by molar-refractivity contribution is 6.18. The van der Waals surface area contributed by atoms with E-state index >= 15 is 0 Å². The second kappa shape index (κ2) is 4.49. The van der Waals surface area contributed by atoms with Crippen LogP contribution in [0.25, 0.3) is 5.57 Å². The number of hydrogen-bond donors (Lipinski definition) is 0. The maximum atomic E-state index is 13.0. The zero-order valence-corrected chi connectivity index (χ0v) is 8.95. The first-order valence-electron chi connectivity index (χ1n) is 5.10. The molecule has 1 aliphatic rings. The van der Waals surface area contributed by atoms with Gasteiger partial charge in [0.1, 0.15) is 17.7 Å². The highest BCUT2D eigenvalue weighted by Gasteiger charge is 2.26. The molecule has 1 aliphatic heterocycles. The molecule has 2 nitrogen and oxygen atoms in total. The molecule has 0 fully saturated rings. The minimum Gasteiger partial charge on any atom is -0.454 e. The number of carbonyl (C=O) groups excluding carboxylic acids is 1. The number of esters is 1. The van der Waals surface area contributed by atoms with E-state index in [-0.39, 0.29) is 11.1 Å². The highest BCUT2D eigenvalue weighted by Crippen LogP contribution is 2.26. The van der Waals surface area contributed by atoms with Crippen molar-refractivity contribution in [3.63, 3.8) is 0 Å². The predicted octanol–water partition coefficient (Wildman–Crippen LogP) is 2.85. The molecule has 1 heterocycles. The Labute approximate surface area is 97.2 Å². The monoisotopic (exact) mass is 236 g/mol.